The zero-order valence-corrected chi connectivity index (χ0v) is 13.2. The van der Waals surface area contributed by atoms with Crippen LogP contribution in [0, 0.1) is 0 Å². The lowest BCUT2D eigenvalue weighted by Crippen LogP contribution is -2.37. The maximum absolute atomic E-state index is 12.5. The van der Waals surface area contributed by atoms with Crippen molar-refractivity contribution in [2.45, 2.75) is 50.7 Å². The van der Waals surface area contributed by atoms with Crippen molar-refractivity contribution in [3.8, 4) is 5.88 Å². The SMILES string of the molecule is CN(C[C@@H]1CCCCO1)C(=O)c1ccnc(OC2CCC2)c1. The maximum Gasteiger partial charge on any atom is 0.253 e. The van der Waals surface area contributed by atoms with E-state index in [2.05, 4.69) is 4.98 Å². The average molecular weight is 304 g/mol. The van der Waals surface area contributed by atoms with Crippen molar-refractivity contribution in [2.75, 3.05) is 20.2 Å². The molecule has 2 aliphatic rings. The number of hydrogen-bond acceptors (Lipinski definition) is 4. The Hall–Kier alpha value is -1.62. The highest BCUT2D eigenvalue weighted by molar-refractivity contribution is 5.94. The third-order valence-electron chi connectivity index (χ3n) is 4.42. The number of likely N-dealkylation sites (N-methyl/N-ethyl adjacent to an activating group) is 1. The monoisotopic (exact) mass is 304 g/mol. The Morgan fingerprint density at radius 2 is 2.23 bits per heavy atom. The van der Waals surface area contributed by atoms with E-state index in [1.165, 1.54) is 12.8 Å². The van der Waals surface area contributed by atoms with Gasteiger partial charge in [0.2, 0.25) is 5.88 Å². The molecule has 1 aliphatic heterocycles. The third kappa shape index (κ3) is 3.77. The summed E-state index contributed by atoms with van der Waals surface area (Å²) in [5.41, 5.74) is 0.627. The van der Waals surface area contributed by atoms with Crippen molar-refractivity contribution in [1.29, 1.82) is 0 Å². The van der Waals surface area contributed by atoms with Crippen molar-refractivity contribution in [1.82, 2.24) is 9.88 Å². The Balaban J connectivity index is 1.59. The zero-order chi connectivity index (χ0) is 15.4. The molecule has 0 bridgehead atoms. The highest BCUT2D eigenvalue weighted by Crippen LogP contribution is 2.24. The quantitative estimate of drug-likeness (QED) is 0.839. The minimum atomic E-state index is -0.00460. The van der Waals surface area contributed by atoms with Gasteiger partial charge in [-0.05, 0) is 44.6 Å². The summed E-state index contributed by atoms with van der Waals surface area (Å²) in [6, 6.07) is 3.49. The lowest BCUT2D eigenvalue weighted by atomic mass is 9.96. The number of pyridine rings is 1. The molecule has 0 radical (unpaired) electrons. The van der Waals surface area contributed by atoms with Gasteiger partial charge in [-0.2, -0.15) is 0 Å². The van der Waals surface area contributed by atoms with Gasteiger partial charge >= 0.3 is 0 Å². The smallest absolute Gasteiger partial charge is 0.253 e. The molecule has 0 spiro atoms. The Bertz CT molecular complexity index is 510. The summed E-state index contributed by atoms with van der Waals surface area (Å²) < 4.78 is 11.5. The van der Waals surface area contributed by atoms with Gasteiger partial charge in [0.25, 0.3) is 5.91 Å². The van der Waals surface area contributed by atoms with Gasteiger partial charge < -0.3 is 14.4 Å². The second-order valence-electron chi connectivity index (χ2n) is 6.23. The summed E-state index contributed by atoms with van der Waals surface area (Å²) in [7, 11) is 1.83. The molecule has 1 aromatic rings. The van der Waals surface area contributed by atoms with Crippen LogP contribution >= 0.6 is 0 Å². The van der Waals surface area contributed by atoms with Crippen LogP contribution in [0.5, 0.6) is 5.88 Å². The number of hydrogen-bond donors (Lipinski definition) is 0. The van der Waals surface area contributed by atoms with E-state index in [9.17, 15) is 4.79 Å². The Labute approximate surface area is 131 Å². The Morgan fingerprint density at radius 3 is 2.91 bits per heavy atom. The van der Waals surface area contributed by atoms with Gasteiger partial charge in [-0.1, -0.05) is 0 Å². The number of ether oxygens (including phenoxy) is 2. The van der Waals surface area contributed by atoms with Gasteiger partial charge in [-0.25, -0.2) is 4.98 Å². The molecule has 1 aromatic heterocycles. The highest BCUT2D eigenvalue weighted by Gasteiger charge is 2.22. The fraction of sp³-hybridized carbons (Fsp3) is 0.647. The van der Waals surface area contributed by atoms with Crippen molar-refractivity contribution >= 4 is 5.91 Å². The van der Waals surface area contributed by atoms with Gasteiger partial charge in [-0.15, -0.1) is 0 Å². The van der Waals surface area contributed by atoms with Crippen LogP contribution in [-0.2, 0) is 4.74 Å². The van der Waals surface area contributed by atoms with E-state index in [1.807, 2.05) is 7.05 Å². The standard InChI is InChI=1S/C17H24N2O3/c1-19(12-15-5-2-3-10-21-15)17(20)13-8-9-18-16(11-13)22-14-6-4-7-14/h8-9,11,14-15H,2-7,10,12H2,1H3/t15-/m0/s1. The van der Waals surface area contributed by atoms with Gasteiger partial charge in [0, 0.05) is 38.0 Å². The molecule has 0 N–H and O–H groups in total. The topological polar surface area (TPSA) is 51.7 Å². The van der Waals surface area contributed by atoms with Crippen LogP contribution in [0.4, 0.5) is 0 Å². The van der Waals surface area contributed by atoms with Crippen LogP contribution in [0.3, 0.4) is 0 Å². The van der Waals surface area contributed by atoms with Crippen LogP contribution in [0.25, 0.3) is 0 Å². The molecule has 1 amide bonds. The minimum absolute atomic E-state index is 0.00460. The van der Waals surface area contributed by atoms with Gasteiger partial charge in [-0.3, -0.25) is 4.79 Å². The molecule has 22 heavy (non-hydrogen) atoms. The number of amides is 1. The molecule has 5 nitrogen and oxygen atoms in total. The van der Waals surface area contributed by atoms with Crippen LogP contribution in [-0.4, -0.2) is 48.2 Å². The lowest BCUT2D eigenvalue weighted by molar-refractivity contribution is -0.000200. The molecular weight excluding hydrogens is 280 g/mol. The minimum Gasteiger partial charge on any atom is -0.474 e. The molecule has 5 heteroatoms. The molecule has 1 atom stereocenters. The predicted molar refractivity (Wildman–Crippen MR) is 83.1 cm³/mol. The molecule has 2 heterocycles. The molecular formula is C17H24N2O3. The second kappa shape index (κ2) is 7.09. The van der Waals surface area contributed by atoms with Crippen LogP contribution in [0.2, 0.25) is 0 Å². The predicted octanol–water partition coefficient (Wildman–Crippen LogP) is 2.65. The first kappa shape index (κ1) is 15.3. The molecule has 1 aliphatic carbocycles. The van der Waals surface area contributed by atoms with Crippen molar-refractivity contribution in [2.24, 2.45) is 0 Å². The molecule has 120 valence electrons. The first-order chi connectivity index (χ1) is 10.7. The van der Waals surface area contributed by atoms with E-state index < -0.39 is 0 Å². The van der Waals surface area contributed by atoms with Crippen LogP contribution in [0.15, 0.2) is 18.3 Å². The number of carbonyl (C=O) groups is 1. The molecule has 2 fully saturated rings. The number of aromatic nitrogens is 1. The van der Waals surface area contributed by atoms with Gasteiger partial charge in [0.05, 0.1) is 6.10 Å². The van der Waals surface area contributed by atoms with Crippen molar-refractivity contribution < 1.29 is 14.3 Å². The first-order valence-electron chi connectivity index (χ1n) is 8.22. The fourth-order valence-corrected chi connectivity index (χ4v) is 2.83. The largest absolute Gasteiger partial charge is 0.474 e. The number of nitrogens with zero attached hydrogens (tertiary/aromatic N) is 2. The third-order valence-corrected chi connectivity index (χ3v) is 4.42. The lowest BCUT2D eigenvalue weighted by Gasteiger charge is -2.28. The van der Waals surface area contributed by atoms with E-state index >= 15 is 0 Å². The van der Waals surface area contributed by atoms with E-state index in [0.29, 0.717) is 18.0 Å². The zero-order valence-electron chi connectivity index (χ0n) is 13.2. The Morgan fingerprint density at radius 1 is 1.36 bits per heavy atom. The first-order valence-corrected chi connectivity index (χ1v) is 8.22. The van der Waals surface area contributed by atoms with E-state index in [4.69, 9.17) is 9.47 Å². The van der Waals surface area contributed by atoms with Gasteiger partial charge in [0.1, 0.15) is 6.10 Å². The van der Waals surface area contributed by atoms with Crippen molar-refractivity contribution in [3.05, 3.63) is 23.9 Å². The molecule has 3 rings (SSSR count). The average Bonchev–Trinajstić information content (AvgIpc) is 2.51. The fourth-order valence-electron chi connectivity index (χ4n) is 2.83. The highest BCUT2D eigenvalue weighted by atomic mass is 16.5. The summed E-state index contributed by atoms with van der Waals surface area (Å²) in [6.07, 6.45) is 8.80. The summed E-state index contributed by atoms with van der Waals surface area (Å²) >= 11 is 0. The Kier molecular flexibility index (Phi) is 4.93. The summed E-state index contributed by atoms with van der Waals surface area (Å²) in [5, 5.41) is 0. The molecule has 1 saturated heterocycles. The normalized spacial score (nSPS) is 22.0. The summed E-state index contributed by atoms with van der Waals surface area (Å²) in [6.45, 7) is 1.45. The van der Waals surface area contributed by atoms with E-state index in [0.717, 1.165) is 32.3 Å². The van der Waals surface area contributed by atoms with Crippen LogP contribution in [0.1, 0.15) is 48.9 Å². The number of carbonyl (C=O) groups excluding carboxylic acids is 1. The maximum atomic E-state index is 12.5. The number of rotatable bonds is 5. The summed E-state index contributed by atoms with van der Waals surface area (Å²) in [4.78, 5) is 18.5. The van der Waals surface area contributed by atoms with E-state index in [1.54, 1.807) is 23.2 Å². The second-order valence-corrected chi connectivity index (χ2v) is 6.23. The molecule has 0 aromatic carbocycles. The van der Waals surface area contributed by atoms with Gasteiger partial charge in [0.15, 0.2) is 0 Å². The molecule has 0 unspecified atom stereocenters. The summed E-state index contributed by atoms with van der Waals surface area (Å²) in [5.74, 6) is 0.549. The van der Waals surface area contributed by atoms with E-state index in [-0.39, 0.29) is 18.1 Å². The molecule has 1 saturated carbocycles. The van der Waals surface area contributed by atoms with Crippen molar-refractivity contribution in [3.63, 3.8) is 0 Å². The van der Waals surface area contributed by atoms with Crippen LogP contribution < -0.4 is 4.74 Å².